The first-order valence-electron chi connectivity index (χ1n) is 20.7. The van der Waals surface area contributed by atoms with E-state index in [9.17, 15) is 9.59 Å². The van der Waals surface area contributed by atoms with Gasteiger partial charge in [-0.2, -0.15) is 0 Å². The number of benzene rings is 2. The third-order valence-corrected chi connectivity index (χ3v) is 13.6. The van der Waals surface area contributed by atoms with Crippen LogP contribution in [-0.4, -0.2) is 69.4 Å². The highest BCUT2D eigenvalue weighted by Gasteiger charge is 2.39. The van der Waals surface area contributed by atoms with Crippen LogP contribution >= 0.6 is 11.3 Å². The van der Waals surface area contributed by atoms with Crippen molar-refractivity contribution in [1.82, 2.24) is 30.1 Å². The molecule has 1 aliphatic carbocycles. The van der Waals surface area contributed by atoms with E-state index in [-0.39, 0.29) is 29.7 Å². The van der Waals surface area contributed by atoms with Gasteiger partial charge in [0.15, 0.2) is 0 Å². The lowest BCUT2D eigenvalue weighted by Gasteiger charge is -2.31. The molecule has 11 nitrogen and oxygen atoms in total. The smallest absolute Gasteiger partial charge is 0.407 e. The van der Waals surface area contributed by atoms with Crippen molar-refractivity contribution in [3.63, 3.8) is 0 Å². The maximum Gasteiger partial charge on any atom is 0.407 e. The summed E-state index contributed by atoms with van der Waals surface area (Å²) in [5.41, 5.74) is 6.60. The molecule has 1 saturated carbocycles. The van der Waals surface area contributed by atoms with Crippen LogP contribution in [-0.2, 0) is 16.0 Å². The SMILES string of the molecule is COC(=O)N[C@H](C(=O)N1CCCC1C1=NC=C(c2cc(F)c3c(c2)OC(c2ccc(CC4CC4)s2)n2c-3cc3cc(-c4cnc(C5CCCN5)[nH]4)ccc32)C1)C(C)C. The number of hydrogen-bond donors (Lipinski definition) is 3. The fourth-order valence-electron chi connectivity index (χ4n) is 9.22. The lowest BCUT2D eigenvalue weighted by atomic mass is 9.95. The average Bonchev–Trinajstić information content (AvgIpc) is 3.95. The number of alkyl carbamates (subject to hydrolysis) is 1. The van der Waals surface area contributed by atoms with Crippen LogP contribution in [0.2, 0.25) is 0 Å². The molecule has 2 aromatic carbocycles. The van der Waals surface area contributed by atoms with Crippen molar-refractivity contribution in [3.8, 4) is 28.3 Å². The standard InChI is InChI=1S/C45H48FN7O4S/c1-24(2)41(51-45(55)56-3)43(54)52-15-5-7-36(52)33-19-29(22-48-33)27-18-31(46)40-37-20-28-17-26(34-23-49-42(50-34)32-6-4-14-47-32)10-12-35(28)53(37)44(57-38(40)21-27)39-13-11-30(58-39)16-25-8-9-25/h10-13,17-18,20-25,32,36,41,44,47H,4-9,14-16,19H2,1-3H3,(H,49,50)(H,51,55)/t32?,36?,41-,44?/m0/s1. The van der Waals surface area contributed by atoms with E-state index in [0.717, 1.165) is 94.4 Å². The molecule has 2 saturated heterocycles. The number of nitrogens with one attached hydrogen (secondary N) is 3. The molecule has 4 aliphatic heterocycles. The third-order valence-electron chi connectivity index (χ3n) is 12.5. The Morgan fingerprint density at radius 1 is 1.07 bits per heavy atom. The second kappa shape index (κ2) is 14.8. The number of halogens is 1. The van der Waals surface area contributed by atoms with Crippen LogP contribution in [0.25, 0.3) is 39.0 Å². The van der Waals surface area contributed by atoms with Crippen LogP contribution in [0.4, 0.5) is 9.18 Å². The van der Waals surface area contributed by atoms with Crippen LogP contribution < -0.4 is 15.4 Å². The molecule has 2 amide bonds. The summed E-state index contributed by atoms with van der Waals surface area (Å²) in [5, 5.41) is 7.24. The lowest BCUT2D eigenvalue weighted by Crippen LogP contribution is -2.53. The molecule has 0 bridgehead atoms. The number of fused-ring (bicyclic) bond motifs is 5. The van der Waals surface area contributed by atoms with Crippen LogP contribution in [0, 0.1) is 17.7 Å². The van der Waals surface area contributed by atoms with Gasteiger partial charge >= 0.3 is 6.09 Å². The molecule has 0 radical (unpaired) electrons. The van der Waals surface area contributed by atoms with Gasteiger partial charge in [-0.15, -0.1) is 11.3 Å². The molecule has 3 fully saturated rings. The minimum Gasteiger partial charge on any atom is -0.464 e. The zero-order valence-electron chi connectivity index (χ0n) is 33.0. The van der Waals surface area contributed by atoms with Gasteiger partial charge < -0.3 is 30.0 Å². The fraction of sp³-hybridized carbons (Fsp3) is 0.422. The molecule has 5 aromatic rings. The molecular weight excluding hydrogens is 754 g/mol. The number of thiophene rings is 1. The summed E-state index contributed by atoms with van der Waals surface area (Å²) in [7, 11) is 1.29. The number of aromatic amines is 1. The number of carbonyl (C=O) groups is 2. The van der Waals surface area contributed by atoms with E-state index in [1.165, 1.54) is 24.8 Å². The Balaban J connectivity index is 0.963. The summed E-state index contributed by atoms with van der Waals surface area (Å²) in [6.07, 6.45) is 10.6. The maximum atomic E-state index is 16.8. The molecule has 58 heavy (non-hydrogen) atoms. The van der Waals surface area contributed by atoms with Gasteiger partial charge in [-0.05, 0) is 117 Å². The number of hydrogen-bond acceptors (Lipinski definition) is 8. The maximum absolute atomic E-state index is 16.8. The first-order valence-corrected chi connectivity index (χ1v) is 21.5. The number of likely N-dealkylation sites (tertiary alicyclic amines) is 1. The summed E-state index contributed by atoms with van der Waals surface area (Å²) in [6, 6.07) is 15.7. The number of methoxy groups -OCH3 is 1. The Morgan fingerprint density at radius 2 is 1.95 bits per heavy atom. The van der Waals surface area contributed by atoms with Gasteiger partial charge in [0.25, 0.3) is 0 Å². The molecule has 3 N–H and O–H groups in total. The van der Waals surface area contributed by atoms with Gasteiger partial charge in [-0.25, -0.2) is 14.2 Å². The molecule has 3 aromatic heterocycles. The monoisotopic (exact) mass is 801 g/mol. The topological polar surface area (TPSA) is 126 Å². The second-order valence-corrected chi connectivity index (χ2v) is 18.0. The van der Waals surface area contributed by atoms with E-state index < -0.39 is 18.4 Å². The van der Waals surface area contributed by atoms with Crippen molar-refractivity contribution in [2.24, 2.45) is 16.8 Å². The Kier molecular flexibility index (Phi) is 9.47. The lowest BCUT2D eigenvalue weighted by molar-refractivity contribution is -0.134. The van der Waals surface area contributed by atoms with Crippen LogP contribution in [0.3, 0.4) is 0 Å². The number of ether oxygens (including phenoxy) is 2. The first-order chi connectivity index (χ1) is 28.2. The summed E-state index contributed by atoms with van der Waals surface area (Å²) in [6.45, 7) is 5.39. The highest BCUT2D eigenvalue weighted by Crippen LogP contribution is 2.49. The molecule has 0 spiro atoms. The fourth-order valence-corrected chi connectivity index (χ4v) is 10.4. The Hall–Kier alpha value is -5.27. The van der Waals surface area contributed by atoms with E-state index in [1.807, 2.05) is 31.0 Å². The van der Waals surface area contributed by atoms with E-state index >= 15 is 4.39 Å². The summed E-state index contributed by atoms with van der Waals surface area (Å²) < 4.78 is 30.6. The van der Waals surface area contributed by atoms with Gasteiger partial charge in [0.1, 0.15) is 23.4 Å². The zero-order chi connectivity index (χ0) is 39.7. The van der Waals surface area contributed by atoms with Gasteiger partial charge in [0.05, 0.1) is 52.7 Å². The summed E-state index contributed by atoms with van der Waals surface area (Å²) in [4.78, 5) is 43.2. The molecule has 10 rings (SSSR count). The van der Waals surface area contributed by atoms with Crippen LogP contribution in [0.15, 0.2) is 65.9 Å². The van der Waals surface area contributed by atoms with E-state index in [0.29, 0.717) is 29.8 Å². The van der Waals surface area contributed by atoms with Gasteiger partial charge in [-0.3, -0.25) is 14.4 Å². The number of allylic oxidation sites excluding steroid dienone is 1. The molecule has 13 heteroatoms. The van der Waals surface area contributed by atoms with Crippen molar-refractivity contribution in [3.05, 3.63) is 87.9 Å². The number of carbonyl (C=O) groups excluding carboxylic acids is 2. The molecular formula is C45H48FN7O4S. The first kappa shape index (κ1) is 37.0. The highest BCUT2D eigenvalue weighted by atomic mass is 32.1. The van der Waals surface area contributed by atoms with Crippen molar-refractivity contribution >= 4 is 45.5 Å². The van der Waals surface area contributed by atoms with Crippen molar-refractivity contribution in [2.45, 2.75) is 89.6 Å². The van der Waals surface area contributed by atoms with Crippen molar-refractivity contribution < 1.29 is 23.5 Å². The predicted molar refractivity (Wildman–Crippen MR) is 223 cm³/mol. The summed E-state index contributed by atoms with van der Waals surface area (Å²) in [5.74, 6) is 1.58. The average molecular weight is 802 g/mol. The third kappa shape index (κ3) is 6.71. The Bertz CT molecular complexity index is 2490. The van der Waals surface area contributed by atoms with Crippen molar-refractivity contribution in [2.75, 3.05) is 20.2 Å². The Labute approximate surface area is 340 Å². The number of imidazole rings is 1. The predicted octanol–water partition coefficient (Wildman–Crippen LogP) is 8.77. The number of H-pyrrole nitrogens is 1. The molecule has 3 unspecified atom stereocenters. The normalized spacial score (nSPS) is 21.8. The van der Waals surface area contributed by atoms with E-state index in [1.54, 1.807) is 23.6 Å². The minimum absolute atomic E-state index is 0.127. The minimum atomic E-state index is -0.713. The van der Waals surface area contributed by atoms with E-state index in [4.69, 9.17) is 19.5 Å². The van der Waals surface area contributed by atoms with Gasteiger partial charge in [0.2, 0.25) is 12.1 Å². The van der Waals surface area contributed by atoms with E-state index in [2.05, 4.69) is 56.6 Å². The molecule has 7 heterocycles. The number of amides is 2. The largest absolute Gasteiger partial charge is 0.464 e. The second-order valence-electron chi connectivity index (χ2n) is 16.8. The van der Waals surface area contributed by atoms with Crippen LogP contribution in [0.5, 0.6) is 5.75 Å². The highest BCUT2D eigenvalue weighted by molar-refractivity contribution is 7.12. The Morgan fingerprint density at radius 3 is 2.74 bits per heavy atom. The number of rotatable bonds is 10. The number of aromatic nitrogens is 3. The quantitative estimate of drug-likeness (QED) is 0.130. The molecule has 5 aliphatic rings. The molecule has 4 atom stereocenters. The van der Waals surface area contributed by atoms with Crippen molar-refractivity contribution in [1.29, 1.82) is 0 Å². The zero-order valence-corrected chi connectivity index (χ0v) is 33.8. The number of aliphatic imine (C=N–C) groups is 1. The number of nitrogens with zero attached hydrogens (tertiary/aromatic N) is 4. The van der Waals surface area contributed by atoms with Crippen LogP contribution in [0.1, 0.15) is 92.2 Å². The summed E-state index contributed by atoms with van der Waals surface area (Å²) >= 11 is 1.78. The van der Waals surface area contributed by atoms with Gasteiger partial charge in [-0.1, -0.05) is 19.9 Å². The molecule has 300 valence electrons. The van der Waals surface area contributed by atoms with Gasteiger partial charge in [0, 0.05) is 40.7 Å².